The molecule has 7 heteroatoms. The SMILES string of the molecule is CCC(C)c1ccc(OCC(=O)N/N=C/c2ccc(-c3ccc(Cl)c(Cl)c3)o2)cc1. The summed E-state index contributed by atoms with van der Waals surface area (Å²) in [6, 6.07) is 16.5. The van der Waals surface area contributed by atoms with Gasteiger partial charge in [0.25, 0.3) is 5.91 Å². The minimum Gasteiger partial charge on any atom is -0.484 e. The summed E-state index contributed by atoms with van der Waals surface area (Å²) >= 11 is 12.0. The Balaban J connectivity index is 1.49. The smallest absolute Gasteiger partial charge is 0.277 e. The van der Waals surface area contributed by atoms with Crippen molar-refractivity contribution in [3.05, 3.63) is 76.0 Å². The van der Waals surface area contributed by atoms with Gasteiger partial charge >= 0.3 is 0 Å². The lowest BCUT2D eigenvalue weighted by Crippen LogP contribution is -2.24. The van der Waals surface area contributed by atoms with Crippen LogP contribution >= 0.6 is 23.2 Å². The minimum atomic E-state index is -0.367. The average Bonchev–Trinajstić information content (AvgIpc) is 3.23. The van der Waals surface area contributed by atoms with Gasteiger partial charge in [-0.25, -0.2) is 5.43 Å². The molecule has 1 unspecified atom stereocenters. The summed E-state index contributed by atoms with van der Waals surface area (Å²) < 4.78 is 11.2. The monoisotopic (exact) mass is 444 g/mol. The maximum atomic E-state index is 11.9. The Labute approximate surface area is 185 Å². The standard InChI is InChI=1S/C23H22Cl2N2O3/c1-3-15(2)16-4-7-18(8-5-16)29-14-23(28)27-26-13-19-9-11-22(30-19)17-6-10-20(24)21(25)12-17/h4-13,15H,3,14H2,1-2H3,(H,27,28)/b26-13+. The van der Waals surface area contributed by atoms with Gasteiger partial charge in [-0.15, -0.1) is 0 Å². The summed E-state index contributed by atoms with van der Waals surface area (Å²) in [5.74, 6) is 1.87. The third-order valence-corrected chi connectivity index (χ3v) is 5.38. The number of benzene rings is 2. The number of nitrogens with zero attached hydrogens (tertiary/aromatic N) is 1. The van der Waals surface area contributed by atoms with Crippen LogP contribution in [0.25, 0.3) is 11.3 Å². The lowest BCUT2D eigenvalue weighted by atomic mass is 9.99. The maximum Gasteiger partial charge on any atom is 0.277 e. The zero-order valence-corrected chi connectivity index (χ0v) is 18.2. The van der Waals surface area contributed by atoms with Crippen molar-refractivity contribution in [2.75, 3.05) is 6.61 Å². The van der Waals surface area contributed by atoms with Gasteiger partial charge in [-0.3, -0.25) is 4.79 Å². The number of halogens is 2. The molecule has 0 saturated carbocycles. The lowest BCUT2D eigenvalue weighted by Gasteiger charge is -2.10. The van der Waals surface area contributed by atoms with Gasteiger partial charge in [-0.2, -0.15) is 5.10 Å². The van der Waals surface area contributed by atoms with Crippen LogP contribution in [0.1, 0.15) is 37.5 Å². The van der Waals surface area contributed by atoms with Crippen LogP contribution in [0.2, 0.25) is 10.0 Å². The first-order chi connectivity index (χ1) is 14.5. The highest BCUT2D eigenvalue weighted by Gasteiger charge is 2.07. The fourth-order valence-corrected chi connectivity index (χ4v) is 3.00. The van der Waals surface area contributed by atoms with Gasteiger partial charge < -0.3 is 9.15 Å². The molecule has 156 valence electrons. The van der Waals surface area contributed by atoms with Crippen molar-refractivity contribution in [1.29, 1.82) is 0 Å². The fourth-order valence-electron chi connectivity index (χ4n) is 2.70. The molecule has 2 aromatic carbocycles. The van der Waals surface area contributed by atoms with E-state index in [0.29, 0.717) is 33.2 Å². The molecule has 1 aromatic heterocycles. The molecule has 0 saturated heterocycles. The Morgan fingerprint density at radius 2 is 1.90 bits per heavy atom. The molecule has 0 aliphatic rings. The molecule has 0 aliphatic carbocycles. The van der Waals surface area contributed by atoms with Crippen LogP contribution in [0.15, 0.2) is 64.1 Å². The summed E-state index contributed by atoms with van der Waals surface area (Å²) in [5.41, 5.74) is 4.45. The van der Waals surface area contributed by atoms with E-state index < -0.39 is 0 Å². The Morgan fingerprint density at radius 1 is 1.13 bits per heavy atom. The first kappa shape index (κ1) is 21.9. The topological polar surface area (TPSA) is 63.8 Å². The van der Waals surface area contributed by atoms with Gasteiger partial charge in [0.2, 0.25) is 0 Å². The molecule has 0 aliphatic heterocycles. The highest BCUT2D eigenvalue weighted by atomic mass is 35.5. The molecule has 0 radical (unpaired) electrons. The zero-order valence-electron chi connectivity index (χ0n) is 16.7. The largest absolute Gasteiger partial charge is 0.484 e. The van der Waals surface area contributed by atoms with E-state index in [2.05, 4.69) is 24.4 Å². The molecular formula is C23H22Cl2N2O3. The summed E-state index contributed by atoms with van der Waals surface area (Å²) in [5, 5.41) is 4.82. The molecule has 1 atom stereocenters. The predicted octanol–water partition coefficient (Wildman–Crippen LogP) is 6.30. The van der Waals surface area contributed by atoms with E-state index in [1.807, 2.05) is 30.3 Å². The molecule has 30 heavy (non-hydrogen) atoms. The summed E-state index contributed by atoms with van der Waals surface area (Å²) in [6.45, 7) is 4.19. The number of furan rings is 1. The highest BCUT2D eigenvalue weighted by Crippen LogP contribution is 2.29. The van der Waals surface area contributed by atoms with E-state index in [4.69, 9.17) is 32.4 Å². The van der Waals surface area contributed by atoms with E-state index in [-0.39, 0.29) is 12.5 Å². The molecule has 3 rings (SSSR count). The van der Waals surface area contributed by atoms with Crippen molar-refractivity contribution in [1.82, 2.24) is 5.43 Å². The number of ether oxygens (including phenoxy) is 1. The molecule has 0 fully saturated rings. The Kier molecular flexibility index (Phi) is 7.55. The molecule has 5 nitrogen and oxygen atoms in total. The Morgan fingerprint density at radius 3 is 2.60 bits per heavy atom. The van der Waals surface area contributed by atoms with Crippen LogP contribution in [-0.2, 0) is 4.79 Å². The van der Waals surface area contributed by atoms with Gasteiger partial charge in [0.05, 0.1) is 16.3 Å². The number of hydrogen-bond donors (Lipinski definition) is 1. The number of nitrogens with one attached hydrogen (secondary N) is 1. The van der Waals surface area contributed by atoms with E-state index in [0.717, 1.165) is 12.0 Å². The van der Waals surface area contributed by atoms with Crippen LogP contribution in [-0.4, -0.2) is 18.7 Å². The molecule has 1 N–H and O–H groups in total. The van der Waals surface area contributed by atoms with Gasteiger partial charge in [0, 0.05) is 5.56 Å². The van der Waals surface area contributed by atoms with Crippen molar-refractivity contribution < 1.29 is 13.9 Å². The number of rotatable bonds is 8. The van der Waals surface area contributed by atoms with Gasteiger partial charge in [0.1, 0.15) is 17.3 Å². The molecule has 0 bridgehead atoms. The number of carbonyl (C=O) groups is 1. The third kappa shape index (κ3) is 5.88. The van der Waals surface area contributed by atoms with Crippen molar-refractivity contribution in [3.8, 4) is 17.1 Å². The van der Waals surface area contributed by atoms with E-state index in [1.54, 1.807) is 24.3 Å². The van der Waals surface area contributed by atoms with Crippen LogP contribution < -0.4 is 10.2 Å². The molecule has 0 spiro atoms. The molecule has 1 heterocycles. The highest BCUT2D eigenvalue weighted by molar-refractivity contribution is 6.42. The second-order valence-corrected chi connectivity index (χ2v) is 7.61. The van der Waals surface area contributed by atoms with Crippen molar-refractivity contribution in [2.24, 2.45) is 5.10 Å². The summed E-state index contributed by atoms with van der Waals surface area (Å²) in [4.78, 5) is 11.9. The first-order valence-electron chi connectivity index (χ1n) is 9.56. The summed E-state index contributed by atoms with van der Waals surface area (Å²) in [7, 11) is 0. The number of carbonyl (C=O) groups excluding carboxylic acids is 1. The van der Waals surface area contributed by atoms with E-state index >= 15 is 0 Å². The lowest BCUT2D eigenvalue weighted by molar-refractivity contribution is -0.123. The summed E-state index contributed by atoms with van der Waals surface area (Å²) in [6.07, 6.45) is 2.49. The van der Waals surface area contributed by atoms with Crippen LogP contribution in [0.5, 0.6) is 5.75 Å². The maximum absolute atomic E-state index is 11.9. The van der Waals surface area contributed by atoms with Crippen molar-refractivity contribution >= 4 is 35.3 Å². The number of hydrogen-bond acceptors (Lipinski definition) is 4. The van der Waals surface area contributed by atoms with Crippen molar-refractivity contribution in [3.63, 3.8) is 0 Å². The first-order valence-corrected chi connectivity index (χ1v) is 10.3. The minimum absolute atomic E-state index is 0.132. The van der Waals surface area contributed by atoms with Gasteiger partial charge in [-0.05, 0) is 60.4 Å². The van der Waals surface area contributed by atoms with E-state index in [9.17, 15) is 4.79 Å². The van der Waals surface area contributed by atoms with Gasteiger partial charge in [-0.1, -0.05) is 49.2 Å². The number of amides is 1. The van der Waals surface area contributed by atoms with Gasteiger partial charge in [0.15, 0.2) is 6.61 Å². The molecular weight excluding hydrogens is 423 g/mol. The Bertz CT molecular complexity index is 1030. The fraction of sp³-hybridized carbons (Fsp3) is 0.217. The van der Waals surface area contributed by atoms with Crippen LogP contribution in [0.4, 0.5) is 0 Å². The van der Waals surface area contributed by atoms with Crippen LogP contribution in [0, 0.1) is 0 Å². The normalized spacial score (nSPS) is 12.1. The van der Waals surface area contributed by atoms with Crippen LogP contribution in [0.3, 0.4) is 0 Å². The Hall–Kier alpha value is -2.76. The van der Waals surface area contributed by atoms with E-state index in [1.165, 1.54) is 11.8 Å². The predicted molar refractivity (Wildman–Crippen MR) is 121 cm³/mol. The van der Waals surface area contributed by atoms with Crippen molar-refractivity contribution in [2.45, 2.75) is 26.2 Å². The second kappa shape index (κ2) is 10.3. The quantitative estimate of drug-likeness (QED) is 0.327. The second-order valence-electron chi connectivity index (χ2n) is 6.79. The third-order valence-electron chi connectivity index (χ3n) is 4.64. The average molecular weight is 445 g/mol. The molecule has 1 amide bonds. The number of hydrazone groups is 1. The zero-order chi connectivity index (χ0) is 21.5. The molecule has 3 aromatic rings.